The summed E-state index contributed by atoms with van der Waals surface area (Å²) >= 11 is 0. The molecule has 1 unspecified atom stereocenters. The van der Waals surface area contributed by atoms with Crippen molar-refractivity contribution in [3.05, 3.63) is 6.92 Å². The molecule has 0 N–H and O–H groups in total. The zero-order valence-corrected chi connectivity index (χ0v) is 10.4. The van der Waals surface area contributed by atoms with Gasteiger partial charge < -0.3 is 0 Å². The van der Waals surface area contributed by atoms with Gasteiger partial charge in [0.05, 0.1) is 0 Å². The number of rotatable bonds is 10. The van der Waals surface area contributed by atoms with E-state index in [-0.39, 0.29) is 0 Å². The Morgan fingerprint density at radius 1 is 0.786 bits per heavy atom. The van der Waals surface area contributed by atoms with Crippen LogP contribution in [-0.4, -0.2) is 0 Å². The lowest BCUT2D eigenvalue weighted by molar-refractivity contribution is 0.381. The third-order valence-corrected chi connectivity index (χ3v) is 3.04. The zero-order valence-electron chi connectivity index (χ0n) is 10.4. The second-order valence-corrected chi connectivity index (χ2v) is 4.50. The molecule has 1 atom stereocenters. The summed E-state index contributed by atoms with van der Waals surface area (Å²) in [6.45, 7) is 8.52. The van der Waals surface area contributed by atoms with Gasteiger partial charge in [-0.3, -0.25) is 0 Å². The summed E-state index contributed by atoms with van der Waals surface area (Å²) in [6.07, 6.45) is 13.8. The van der Waals surface area contributed by atoms with Gasteiger partial charge in [-0.15, -0.1) is 0 Å². The Bertz CT molecular complexity index is 88.2. The van der Waals surface area contributed by atoms with Crippen LogP contribution in [0.4, 0.5) is 0 Å². The summed E-state index contributed by atoms with van der Waals surface area (Å²) in [6, 6.07) is 0. The first-order valence-corrected chi connectivity index (χ1v) is 6.64. The summed E-state index contributed by atoms with van der Waals surface area (Å²) in [4.78, 5) is 0. The SMILES string of the molecule is [CH2]CCCC(CCCC)CCCCC. The highest BCUT2D eigenvalue weighted by Gasteiger charge is 2.06. The molecule has 0 aromatic rings. The summed E-state index contributed by atoms with van der Waals surface area (Å²) in [5, 5.41) is 0. The minimum Gasteiger partial charge on any atom is -0.0654 e. The lowest BCUT2D eigenvalue weighted by Crippen LogP contribution is -2.00. The Kier molecular flexibility index (Phi) is 11.1. The molecular weight excluding hydrogens is 168 g/mol. The van der Waals surface area contributed by atoms with Crippen molar-refractivity contribution in [1.29, 1.82) is 0 Å². The summed E-state index contributed by atoms with van der Waals surface area (Å²) in [5.74, 6) is 1.00. The largest absolute Gasteiger partial charge is 0.0654 e. The number of unbranched alkanes of at least 4 members (excludes halogenated alkanes) is 4. The van der Waals surface area contributed by atoms with Gasteiger partial charge in [0.2, 0.25) is 0 Å². The third-order valence-electron chi connectivity index (χ3n) is 3.04. The average molecular weight is 197 g/mol. The van der Waals surface area contributed by atoms with Crippen LogP contribution in [0.1, 0.15) is 78.1 Å². The van der Waals surface area contributed by atoms with Crippen molar-refractivity contribution in [2.24, 2.45) is 5.92 Å². The molecule has 0 aliphatic heterocycles. The van der Waals surface area contributed by atoms with E-state index in [0.717, 1.165) is 12.3 Å². The first-order chi connectivity index (χ1) is 6.85. The van der Waals surface area contributed by atoms with Gasteiger partial charge in [-0.25, -0.2) is 0 Å². The minimum absolute atomic E-state index is 1.00. The van der Waals surface area contributed by atoms with E-state index in [1.54, 1.807) is 0 Å². The Labute approximate surface area is 91.5 Å². The lowest BCUT2D eigenvalue weighted by Gasteiger charge is -2.15. The van der Waals surface area contributed by atoms with Crippen molar-refractivity contribution in [2.75, 3.05) is 0 Å². The normalized spacial score (nSPS) is 11.1. The maximum Gasteiger partial charge on any atom is -0.0414 e. The fraction of sp³-hybridized carbons (Fsp3) is 0.929. The van der Waals surface area contributed by atoms with Gasteiger partial charge >= 0.3 is 0 Å². The molecule has 0 aliphatic carbocycles. The topological polar surface area (TPSA) is 0 Å². The predicted molar refractivity (Wildman–Crippen MR) is 66.4 cm³/mol. The van der Waals surface area contributed by atoms with Gasteiger partial charge in [-0.2, -0.15) is 0 Å². The van der Waals surface area contributed by atoms with Crippen molar-refractivity contribution < 1.29 is 0 Å². The van der Waals surface area contributed by atoms with Crippen LogP contribution in [0.5, 0.6) is 0 Å². The second-order valence-electron chi connectivity index (χ2n) is 4.50. The molecule has 0 saturated carbocycles. The minimum atomic E-state index is 1.00. The highest BCUT2D eigenvalue weighted by Crippen LogP contribution is 2.22. The number of hydrogen-bond acceptors (Lipinski definition) is 0. The van der Waals surface area contributed by atoms with Gasteiger partial charge in [0.25, 0.3) is 0 Å². The van der Waals surface area contributed by atoms with E-state index in [1.807, 2.05) is 0 Å². The first kappa shape index (κ1) is 14.0. The summed E-state index contributed by atoms with van der Waals surface area (Å²) in [5.41, 5.74) is 0. The van der Waals surface area contributed by atoms with E-state index in [1.165, 1.54) is 57.8 Å². The molecule has 0 nitrogen and oxygen atoms in total. The second kappa shape index (κ2) is 11.1. The van der Waals surface area contributed by atoms with Crippen molar-refractivity contribution in [3.63, 3.8) is 0 Å². The summed E-state index contributed by atoms with van der Waals surface area (Å²) < 4.78 is 0. The van der Waals surface area contributed by atoms with Gasteiger partial charge in [-0.05, 0) is 5.92 Å². The molecule has 85 valence electrons. The van der Waals surface area contributed by atoms with Crippen LogP contribution >= 0.6 is 0 Å². The Morgan fingerprint density at radius 3 is 1.93 bits per heavy atom. The smallest absolute Gasteiger partial charge is 0.0414 e. The average Bonchev–Trinajstić information content (AvgIpc) is 2.21. The molecule has 14 heavy (non-hydrogen) atoms. The summed E-state index contributed by atoms with van der Waals surface area (Å²) in [7, 11) is 0. The van der Waals surface area contributed by atoms with Crippen LogP contribution < -0.4 is 0 Å². The molecule has 0 heteroatoms. The Hall–Kier alpha value is 0. The maximum absolute atomic E-state index is 3.93. The molecule has 0 spiro atoms. The predicted octanol–water partition coefficient (Wildman–Crippen LogP) is 5.38. The molecule has 0 bridgehead atoms. The van der Waals surface area contributed by atoms with Gasteiger partial charge in [0, 0.05) is 0 Å². The molecule has 0 amide bonds. The number of hydrogen-bond donors (Lipinski definition) is 0. The first-order valence-electron chi connectivity index (χ1n) is 6.64. The Morgan fingerprint density at radius 2 is 1.36 bits per heavy atom. The maximum atomic E-state index is 3.93. The molecule has 0 aromatic heterocycles. The molecule has 1 radical (unpaired) electrons. The molecule has 0 fully saturated rings. The standard InChI is InChI=1S/C14H29/c1-4-7-10-13-14(11-8-5-2)12-9-6-3/h14H,2,4-13H2,1,3H3. The highest BCUT2D eigenvalue weighted by atomic mass is 14.1. The van der Waals surface area contributed by atoms with Gasteiger partial charge in [0.15, 0.2) is 0 Å². The van der Waals surface area contributed by atoms with Crippen LogP contribution in [0.3, 0.4) is 0 Å². The molecule has 0 aliphatic rings. The van der Waals surface area contributed by atoms with E-state index < -0.39 is 0 Å². The quantitative estimate of drug-likeness (QED) is 0.413. The van der Waals surface area contributed by atoms with Crippen LogP contribution in [0.15, 0.2) is 0 Å². The molecule has 0 saturated heterocycles. The van der Waals surface area contributed by atoms with E-state index in [2.05, 4.69) is 20.8 Å². The van der Waals surface area contributed by atoms with Crippen LogP contribution in [0.2, 0.25) is 0 Å². The fourth-order valence-corrected chi connectivity index (χ4v) is 2.04. The highest BCUT2D eigenvalue weighted by molar-refractivity contribution is 4.60. The van der Waals surface area contributed by atoms with Crippen molar-refractivity contribution >= 4 is 0 Å². The van der Waals surface area contributed by atoms with Crippen LogP contribution in [-0.2, 0) is 0 Å². The van der Waals surface area contributed by atoms with E-state index in [9.17, 15) is 0 Å². The van der Waals surface area contributed by atoms with Crippen molar-refractivity contribution in [3.8, 4) is 0 Å². The van der Waals surface area contributed by atoms with Gasteiger partial charge in [-0.1, -0.05) is 85.0 Å². The van der Waals surface area contributed by atoms with Crippen molar-refractivity contribution in [1.82, 2.24) is 0 Å². The fourth-order valence-electron chi connectivity index (χ4n) is 2.04. The van der Waals surface area contributed by atoms with E-state index in [0.29, 0.717) is 0 Å². The molecule has 0 aromatic carbocycles. The van der Waals surface area contributed by atoms with Crippen LogP contribution in [0.25, 0.3) is 0 Å². The van der Waals surface area contributed by atoms with E-state index in [4.69, 9.17) is 0 Å². The Balaban J connectivity index is 3.49. The van der Waals surface area contributed by atoms with E-state index >= 15 is 0 Å². The molecule has 0 rings (SSSR count). The lowest BCUT2D eigenvalue weighted by atomic mass is 9.91. The third kappa shape index (κ3) is 8.59. The van der Waals surface area contributed by atoms with Crippen molar-refractivity contribution in [2.45, 2.75) is 78.1 Å². The van der Waals surface area contributed by atoms with Crippen LogP contribution in [0, 0.1) is 12.8 Å². The molecular formula is C14H29. The monoisotopic (exact) mass is 197 g/mol. The zero-order chi connectivity index (χ0) is 10.6. The molecule has 0 heterocycles. The van der Waals surface area contributed by atoms with Gasteiger partial charge in [0.1, 0.15) is 0 Å².